The molecule has 2 N–H and O–H groups in total. The van der Waals surface area contributed by atoms with E-state index in [2.05, 4.69) is 36.4 Å². The van der Waals surface area contributed by atoms with Crippen LogP contribution in [0.15, 0.2) is 12.1 Å². The molecule has 1 aliphatic rings. The Bertz CT molecular complexity index is 507. The van der Waals surface area contributed by atoms with Gasteiger partial charge < -0.3 is 10.6 Å². The summed E-state index contributed by atoms with van der Waals surface area (Å²) >= 11 is 0. The standard InChI is InChI=1S/C17H27N3O/c1-5-14-9-13(10-15(20-14)18-6-2)16(21)19-11-17(7-8-17)12(3)4/h9-10,12H,5-8,11H2,1-4H3,(H,18,20)(H,19,21). The summed E-state index contributed by atoms with van der Waals surface area (Å²) in [6.07, 6.45) is 3.28. The van der Waals surface area contributed by atoms with Crippen LogP contribution in [0.2, 0.25) is 0 Å². The van der Waals surface area contributed by atoms with E-state index in [4.69, 9.17) is 0 Å². The number of aryl methyl sites for hydroxylation is 1. The van der Waals surface area contributed by atoms with Gasteiger partial charge in [-0.1, -0.05) is 20.8 Å². The van der Waals surface area contributed by atoms with E-state index in [1.807, 2.05) is 19.1 Å². The lowest BCUT2D eigenvalue weighted by Crippen LogP contribution is -2.32. The van der Waals surface area contributed by atoms with Crippen LogP contribution in [0, 0.1) is 11.3 Å². The Hall–Kier alpha value is -1.58. The van der Waals surface area contributed by atoms with Crippen molar-refractivity contribution in [3.8, 4) is 0 Å². The zero-order chi connectivity index (χ0) is 15.5. The maximum atomic E-state index is 12.4. The number of hydrogen-bond donors (Lipinski definition) is 2. The second kappa shape index (κ2) is 6.46. The van der Waals surface area contributed by atoms with Gasteiger partial charge in [-0.3, -0.25) is 4.79 Å². The van der Waals surface area contributed by atoms with Crippen molar-refractivity contribution in [2.45, 2.75) is 47.0 Å². The number of carbonyl (C=O) groups excluding carboxylic acids is 1. The molecular formula is C17H27N3O. The predicted octanol–water partition coefficient (Wildman–Crippen LogP) is 3.24. The van der Waals surface area contributed by atoms with E-state index in [9.17, 15) is 4.79 Å². The van der Waals surface area contributed by atoms with Crippen LogP contribution in [0.25, 0.3) is 0 Å². The Balaban J connectivity index is 2.06. The molecule has 116 valence electrons. The average Bonchev–Trinajstić information content (AvgIpc) is 3.26. The van der Waals surface area contributed by atoms with Crippen molar-refractivity contribution in [1.29, 1.82) is 0 Å². The highest BCUT2D eigenvalue weighted by molar-refractivity contribution is 5.95. The molecule has 0 atom stereocenters. The van der Waals surface area contributed by atoms with Gasteiger partial charge in [0, 0.05) is 24.3 Å². The van der Waals surface area contributed by atoms with Gasteiger partial charge in [0.2, 0.25) is 0 Å². The normalized spacial score (nSPS) is 15.9. The Kier molecular flexibility index (Phi) is 4.86. The predicted molar refractivity (Wildman–Crippen MR) is 86.6 cm³/mol. The highest BCUT2D eigenvalue weighted by Gasteiger charge is 2.45. The van der Waals surface area contributed by atoms with Crippen molar-refractivity contribution < 1.29 is 4.79 Å². The third kappa shape index (κ3) is 3.74. The number of nitrogens with one attached hydrogen (secondary N) is 2. The summed E-state index contributed by atoms with van der Waals surface area (Å²) < 4.78 is 0. The Morgan fingerprint density at radius 2 is 2.05 bits per heavy atom. The Labute approximate surface area is 127 Å². The van der Waals surface area contributed by atoms with Gasteiger partial charge in [0.1, 0.15) is 5.82 Å². The van der Waals surface area contributed by atoms with E-state index in [-0.39, 0.29) is 5.91 Å². The molecule has 0 aliphatic heterocycles. The molecule has 1 aromatic heterocycles. The van der Waals surface area contributed by atoms with Crippen LogP contribution in [0.5, 0.6) is 0 Å². The van der Waals surface area contributed by atoms with Crippen LogP contribution >= 0.6 is 0 Å². The molecule has 0 aromatic carbocycles. The fourth-order valence-corrected chi connectivity index (χ4v) is 2.65. The van der Waals surface area contributed by atoms with Crippen molar-refractivity contribution >= 4 is 11.7 Å². The van der Waals surface area contributed by atoms with E-state index in [0.29, 0.717) is 16.9 Å². The lowest BCUT2D eigenvalue weighted by molar-refractivity contribution is 0.0939. The average molecular weight is 289 g/mol. The van der Waals surface area contributed by atoms with Crippen LogP contribution in [-0.2, 0) is 6.42 Å². The number of aromatic nitrogens is 1. The minimum absolute atomic E-state index is 0.0122. The molecule has 0 spiro atoms. The van der Waals surface area contributed by atoms with Crippen LogP contribution in [0.1, 0.15) is 56.6 Å². The van der Waals surface area contributed by atoms with Crippen molar-refractivity contribution in [2.24, 2.45) is 11.3 Å². The lowest BCUT2D eigenvalue weighted by Gasteiger charge is -2.20. The first-order valence-electron chi connectivity index (χ1n) is 8.03. The van der Waals surface area contributed by atoms with E-state index >= 15 is 0 Å². The van der Waals surface area contributed by atoms with E-state index in [1.165, 1.54) is 12.8 Å². The summed E-state index contributed by atoms with van der Waals surface area (Å²) in [5.74, 6) is 1.42. The fourth-order valence-electron chi connectivity index (χ4n) is 2.65. The zero-order valence-electron chi connectivity index (χ0n) is 13.6. The maximum Gasteiger partial charge on any atom is 0.251 e. The summed E-state index contributed by atoms with van der Waals surface area (Å²) in [5.41, 5.74) is 1.99. The second-order valence-corrected chi connectivity index (χ2v) is 6.32. The first kappa shape index (κ1) is 15.8. The lowest BCUT2D eigenvalue weighted by atomic mass is 9.92. The van der Waals surface area contributed by atoms with Gasteiger partial charge in [0.15, 0.2) is 0 Å². The van der Waals surface area contributed by atoms with Crippen LogP contribution in [-0.4, -0.2) is 24.0 Å². The summed E-state index contributed by atoms with van der Waals surface area (Å²) in [5, 5.41) is 6.30. The molecule has 4 heteroatoms. The maximum absolute atomic E-state index is 12.4. The van der Waals surface area contributed by atoms with Crippen LogP contribution in [0.3, 0.4) is 0 Å². The third-order valence-corrected chi connectivity index (χ3v) is 4.58. The molecular weight excluding hydrogens is 262 g/mol. The molecule has 1 fully saturated rings. The van der Waals surface area contributed by atoms with Crippen molar-refractivity contribution in [3.63, 3.8) is 0 Å². The Morgan fingerprint density at radius 3 is 2.57 bits per heavy atom. The van der Waals surface area contributed by atoms with E-state index in [1.54, 1.807) is 0 Å². The molecule has 1 amide bonds. The molecule has 2 rings (SSSR count). The number of pyridine rings is 1. The molecule has 0 bridgehead atoms. The summed E-state index contributed by atoms with van der Waals surface area (Å²) in [4.78, 5) is 16.9. The number of carbonyl (C=O) groups is 1. The minimum atomic E-state index is 0.0122. The highest BCUT2D eigenvalue weighted by Crippen LogP contribution is 2.51. The van der Waals surface area contributed by atoms with Crippen molar-refractivity contribution in [1.82, 2.24) is 10.3 Å². The van der Waals surface area contributed by atoms with Gasteiger partial charge in [0.05, 0.1) is 0 Å². The molecule has 1 saturated carbocycles. The number of amides is 1. The number of rotatable bonds is 7. The van der Waals surface area contributed by atoms with Crippen LogP contribution < -0.4 is 10.6 Å². The molecule has 21 heavy (non-hydrogen) atoms. The van der Waals surface area contributed by atoms with Gasteiger partial charge in [0.25, 0.3) is 5.91 Å². The summed E-state index contributed by atoms with van der Waals surface area (Å²) in [6, 6.07) is 3.73. The molecule has 4 nitrogen and oxygen atoms in total. The molecule has 0 saturated heterocycles. The molecule has 0 unspecified atom stereocenters. The second-order valence-electron chi connectivity index (χ2n) is 6.32. The minimum Gasteiger partial charge on any atom is -0.370 e. The van der Waals surface area contributed by atoms with Crippen molar-refractivity contribution in [3.05, 3.63) is 23.4 Å². The number of anilines is 1. The van der Waals surface area contributed by atoms with Gasteiger partial charge in [-0.25, -0.2) is 4.98 Å². The Morgan fingerprint density at radius 1 is 1.33 bits per heavy atom. The first-order chi connectivity index (χ1) is 10.0. The third-order valence-electron chi connectivity index (χ3n) is 4.58. The molecule has 1 aliphatic carbocycles. The largest absolute Gasteiger partial charge is 0.370 e. The SMILES string of the molecule is CCNc1cc(C(=O)NCC2(C(C)C)CC2)cc(CC)n1. The molecule has 1 aromatic rings. The zero-order valence-corrected chi connectivity index (χ0v) is 13.6. The van der Waals surface area contributed by atoms with Gasteiger partial charge in [-0.05, 0) is 49.7 Å². The quantitative estimate of drug-likeness (QED) is 0.810. The number of hydrogen-bond acceptors (Lipinski definition) is 3. The molecule has 1 heterocycles. The number of nitrogens with zero attached hydrogens (tertiary/aromatic N) is 1. The van der Waals surface area contributed by atoms with Gasteiger partial charge in [-0.15, -0.1) is 0 Å². The van der Waals surface area contributed by atoms with Gasteiger partial charge >= 0.3 is 0 Å². The van der Waals surface area contributed by atoms with Crippen molar-refractivity contribution in [2.75, 3.05) is 18.4 Å². The smallest absolute Gasteiger partial charge is 0.251 e. The van der Waals surface area contributed by atoms with E-state index in [0.717, 1.165) is 31.0 Å². The first-order valence-corrected chi connectivity index (χ1v) is 8.03. The topological polar surface area (TPSA) is 54.0 Å². The van der Waals surface area contributed by atoms with E-state index < -0.39 is 0 Å². The summed E-state index contributed by atoms with van der Waals surface area (Å²) in [7, 11) is 0. The highest BCUT2D eigenvalue weighted by atomic mass is 16.1. The fraction of sp³-hybridized carbons (Fsp3) is 0.647. The summed E-state index contributed by atoms with van der Waals surface area (Å²) in [6.45, 7) is 10.1. The van der Waals surface area contributed by atoms with Crippen LogP contribution in [0.4, 0.5) is 5.82 Å². The molecule has 0 radical (unpaired) electrons. The monoisotopic (exact) mass is 289 g/mol. The van der Waals surface area contributed by atoms with Gasteiger partial charge in [-0.2, -0.15) is 0 Å².